The topological polar surface area (TPSA) is 45.0 Å². The predicted octanol–water partition coefficient (Wildman–Crippen LogP) is 4.06. The maximum atomic E-state index is 13.0. The summed E-state index contributed by atoms with van der Waals surface area (Å²) in [5.74, 6) is 0. The molecule has 0 spiro atoms. The molecule has 1 heterocycles. The second kappa shape index (κ2) is 6.38. The van der Waals surface area contributed by atoms with Crippen molar-refractivity contribution in [1.29, 1.82) is 5.26 Å². The molecule has 0 bridgehead atoms. The van der Waals surface area contributed by atoms with E-state index in [-0.39, 0.29) is 18.1 Å². The highest BCUT2D eigenvalue weighted by molar-refractivity contribution is 5.64. The summed E-state index contributed by atoms with van der Waals surface area (Å²) in [5.41, 5.74) is 3.68. The smallest absolute Gasteiger partial charge is 0.268 e. The first-order valence-corrected chi connectivity index (χ1v) is 7.26. The Morgan fingerprint density at radius 3 is 2.54 bits per heavy atom. The van der Waals surface area contributed by atoms with Crippen molar-refractivity contribution in [2.24, 2.45) is 0 Å². The van der Waals surface area contributed by atoms with Gasteiger partial charge in [0.25, 0.3) is 0 Å². The molecular weight excluding hydrogens is 317 g/mol. The van der Waals surface area contributed by atoms with Crippen molar-refractivity contribution in [3.05, 3.63) is 76.9 Å². The highest BCUT2D eigenvalue weighted by atomic mass is 19.4. The van der Waals surface area contributed by atoms with Gasteiger partial charge in [-0.25, -0.2) is 0 Å². The molecule has 122 valence electrons. The Kier molecular flexibility index (Phi) is 4.28. The van der Waals surface area contributed by atoms with Crippen molar-refractivity contribution in [2.45, 2.75) is 18.7 Å². The summed E-state index contributed by atoms with van der Waals surface area (Å²) in [4.78, 5) is 5.42. The fourth-order valence-corrected chi connectivity index (χ4v) is 2.55. The number of alkyl halides is 3. The predicted molar refractivity (Wildman–Crippen MR) is 82.3 cm³/mol. The molecule has 1 N–H and O–H groups in total. The number of hydrogen-bond donors (Lipinski definition) is 1. The number of nitrogens with zero attached hydrogens (tertiary/aromatic N) is 1. The molecule has 0 saturated carbocycles. The monoisotopic (exact) mass is 330 g/mol. The number of benzene rings is 2. The lowest BCUT2D eigenvalue weighted by molar-refractivity contribution is -0.137. The van der Waals surface area contributed by atoms with Crippen LogP contribution >= 0.6 is 0 Å². The van der Waals surface area contributed by atoms with Crippen molar-refractivity contribution in [1.82, 2.24) is 5.48 Å². The van der Waals surface area contributed by atoms with Crippen LogP contribution in [0.3, 0.4) is 0 Å². The van der Waals surface area contributed by atoms with Crippen LogP contribution in [0, 0.1) is 11.3 Å². The SMILES string of the molecule is N#Cc1ccc(CC2C=C(c3ccccc3)NO2)cc1C(F)(F)F. The molecule has 2 aromatic carbocycles. The summed E-state index contributed by atoms with van der Waals surface area (Å²) in [7, 11) is 0. The van der Waals surface area contributed by atoms with Gasteiger partial charge in [0.15, 0.2) is 0 Å². The minimum absolute atomic E-state index is 0.276. The second-order valence-corrected chi connectivity index (χ2v) is 5.40. The van der Waals surface area contributed by atoms with E-state index in [9.17, 15) is 13.2 Å². The number of nitriles is 1. The van der Waals surface area contributed by atoms with Crippen molar-refractivity contribution < 1.29 is 18.0 Å². The fraction of sp³-hybridized carbons (Fsp3) is 0.167. The third-order valence-electron chi connectivity index (χ3n) is 3.70. The van der Waals surface area contributed by atoms with Crippen LogP contribution in [0.15, 0.2) is 54.6 Å². The Morgan fingerprint density at radius 1 is 1.12 bits per heavy atom. The number of halogens is 3. The zero-order chi connectivity index (χ0) is 17.2. The second-order valence-electron chi connectivity index (χ2n) is 5.40. The molecule has 3 rings (SSSR count). The van der Waals surface area contributed by atoms with E-state index >= 15 is 0 Å². The molecule has 1 aliphatic rings. The van der Waals surface area contributed by atoms with E-state index in [0.29, 0.717) is 5.56 Å². The van der Waals surface area contributed by atoms with Gasteiger partial charge in [-0.15, -0.1) is 0 Å². The summed E-state index contributed by atoms with van der Waals surface area (Å²) < 4.78 is 39.0. The molecule has 0 aliphatic carbocycles. The van der Waals surface area contributed by atoms with Gasteiger partial charge in [-0.1, -0.05) is 36.4 Å². The van der Waals surface area contributed by atoms with Gasteiger partial charge in [-0.3, -0.25) is 10.3 Å². The molecule has 0 fully saturated rings. The van der Waals surface area contributed by atoms with Gasteiger partial charge >= 0.3 is 6.18 Å². The maximum Gasteiger partial charge on any atom is 0.417 e. The van der Waals surface area contributed by atoms with Gasteiger partial charge in [0.05, 0.1) is 22.9 Å². The van der Waals surface area contributed by atoms with Crippen molar-refractivity contribution in [3.8, 4) is 6.07 Å². The van der Waals surface area contributed by atoms with Crippen LogP contribution in [0.2, 0.25) is 0 Å². The Bertz CT molecular complexity index is 807. The number of hydroxylamine groups is 1. The fourth-order valence-electron chi connectivity index (χ4n) is 2.55. The Labute approximate surface area is 136 Å². The first-order chi connectivity index (χ1) is 11.5. The van der Waals surface area contributed by atoms with Crippen molar-refractivity contribution in [2.75, 3.05) is 0 Å². The van der Waals surface area contributed by atoms with E-state index < -0.39 is 11.7 Å². The van der Waals surface area contributed by atoms with E-state index in [4.69, 9.17) is 10.1 Å². The van der Waals surface area contributed by atoms with E-state index in [0.717, 1.165) is 17.3 Å². The molecule has 0 amide bonds. The molecular formula is C18H13F3N2O. The minimum Gasteiger partial charge on any atom is -0.268 e. The van der Waals surface area contributed by atoms with Gasteiger partial charge in [0, 0.05) is 6.42 Å². The molecule has 0 saturated heterocycles. The Morgan fingerprint density at radius 2 is 1.88 bits per heavy atom. The zero-order valence-corrected chi connectivity index (χ0v) is 12.5. The van der Waals surface area contributed by atoms with Crippen LogP contribution in [0.4, 0.5) is 13.2 Å². The third-order valence-corrected chi connectivity index (χ3v) is 3.70. The Hall–Kier alpha value is -2.78. The lowest BCUT2D eigenvalue weighted by atomic mass is 10.00. The first kappa shape index (κ1) is 16.1. The summed E-state index contributed by atoms with van der Waals surface area (Å²) in [6, 6.07) is 14.8. The molecule has 1 unspecified atom stereocenters. The summed E-state index contributed by atoms with van der Waals surface area (Å²) in [6.45, 7) is 0. The standard InChI is InChI=1S/C18H13F3N2O/c19-18(20,21)16-9-12(6-7-14(16)11-22)8-15-10-17(23-24-15)13-4-2-1-3-5-13/h1-7,9-10,15,23H,8H2. The first-order valence-electron chi connectivity index (χ1n) is 7.26. The summed E-state index contributed by atoms with van der Waals surface area (Å²) in [6.07, 6.45) is -2.82. The van der Waals surface area contributed by atoms with Crippen molar-refractivity contribution in [3.63, 3.8) is 0 Å². The normalized spacial score (nSPS) is 17.1. The number of hydrogen-bond acceptors (Lipinski definition) is 3. The van der Waals surface area contributed by atoms with Crippen LogP contribution in [0.5, 0.6) is 0 Å². The lowest BCUT2D eigenvalue weighted by Crippen LogP contribution is -2.15. The number of rotatable bonds is 3. The molecule has 2 aromatic rings. The van der Waals surface area contributed by atoms with Gasteiger partial charge in [0.2, 0.25) is 0 Å². The largest absolute Gasteiger partial charge is 0.417 e. The van der Waals surface area contributed by atoms with Crippen LogP contribution in [0.25, 0.3) is 5.70 Å². The average molecular weight is 330 g/mol. The van der Waals surface area contributed by atoms with Gasteiger partial charge in [-0.2, -0.15) is 18.4 Å². The molecule has 1 aliphatic heterocycles. The maximum absolute atomic E-state index is 13.0. The molecule has 0 radical (unpaired) electrons. The lowest BCUT2D eigenvalue weighted by Gasteiger charge is -2.12. The van der Waals surface area contributed by atoms with Crippen LogP contribution < -0.4 is 5.48 Å². The van der Waals surface area contributed by atoms with Crippen LogP contribution in [-0.2, 0) is 17.4 Å². The van der Waals surface area contributed by atoms with Gasteiger partial charge < -0.3 is 0 Å². The van der Waals surface area contributed by atoms with E-state index in [1.807, 2.05) is 36.4 Å². The molecule has 3 nitrogen and oxygen atoms in total. The highest BCUT2D eigenvalue weighted by Gasteiger charge is 2.34. The van der Waals surface area contributed by atoms with Gasteiger partial charge in [-0.05, 0) is 29.3 Å². The Balaban J connectivity index is 1.80. The van der Waals surface area contributed by atoms with Crippen LogP contribution in [-0.4, -0.2) is 6.10 Å². The highest BCUT2D eigenvalue weighted by Crippen LogP contribution is 2.33. The molecule has 6 heteroatoms. The van der Waals surface area contributed by atoms with E-state index in [2.05, 4.69) is 5.48 Å². The molecule has 0 aromatic heterocycles. The molecule has 1 atom stereocenters. The minimum atomic E-state index is -4.55. The number of nitrogens with one attached hydrogen (secondary N) is 1. The summed E-state index contributed by atoms with van der Waals surface area (Å²) >= 11 is 0. The zero-order valence-electron chi connectivity index (χ0n) is 12.5. The molecule has 24 heavy (non-hydrogen) atoms. The van der Waals surface area contributed by atoms with Crippen molar-refractivity contribution >= 4 is 5.70 Å². The van der Waals surface area contributed by atoms with Crippen LogP contribution in [0.1, 0.15) is 22.3 Å². The summed E-state index contributed by atoms with van der Waals surface area (Å²) in [5, 5.41) is 8.82. The van der Waals surface area contributed by atoms with E-state index in [1.165, 1.54) is 12.1 Å². The average Bonchev–Trinajstić information content (AvgIpc) is 3.03. The van der Waals surface area contributed by atoms with E-state index in [1.54, 1.807) is 6.07 Å². The quantitative estimate of drug-likeness (QED) is 0.923. The van der Waals surface area contributed by atoms with Gasteiger partial charge in [0.1, 0.15) is 6.10 Å². The third kappa shape index (κ3) is 3.42.